The number of nitrogens with zero attached hydrogens (tertiary/aromatic N) is 4. The molecule has 11 aromatic rings. The second-order valence-corrected chi connectivity index (χ2v) is 13.6. The second kappa shape index (κ2) is 12.1. The van der Waals surface area contributed by atoms with Crippen LogP contribution in [0.5, 0.6) is 0 Å². The molecule has 252 valence electrons. The highest BCUT2D eigenvalue weighted by Gasteiger charge is 2.24. The monoisotopic (exact) mass is 690 g/mol. The third kappa shape index (κ3) is 4.83. The van der Waals surface area contributed by atoms with Gasteiger partial charge >= 0.3 is 0 Å². The first-order valence-electron chi connectivity index (χ1n) is 18.1. The van der Waals surface area contributed by atoms with E-state index in [-0.39, 0.29) is 0 Å². The van der Waals surface area contributed by atoms with Crippen LogP contribution in [0.25, 0.3) is 105 Å². The standard InChI is InChI=1S/C49H30N4O/c1-3-13-31(14-4-1)32-23-25-34(26-24-32)48-50-47(33-15-5-2-6-16-33)51-49(52-48)39-27-28-44-45(38-20-10-12-22-43(38)54-44)46(39)53-41-21-11-9-19-37(41)40-29-35-17-7-8-18-36(35)30-42(40)53/h1-30H. The molecule has 11 rings (SSSR count). The number of hydrogen-bond acceptors (Lipinski definition) is 4. The van der Waals surface area contributed by atoms with E-state index in [9.17, 15) is 0 Å². The van der Waals surface area contributed by atoms with Gasteiger partial charge in [0.15, 0.2) is 17.5 Å². The van der Waals surface area contributed by atoms with Gasteiger partial charge in [0.2, 0.25) is 0 Å². The third-order valence-corrected chi connectivity index (χ3v) is 10.4. The predicted molar refractivity (Wildman–Crippen MR) is 221 cm³/mol. The normalized spacial score (nSPS) is 11.7. The van der Waals surface area contributed by atoms with Crippen molar-refractivity contribution < 1.29 is 4.42 Å². The maximum atomic E-state index is 6.54. The summed E-state index contributed by atoms with van der Waals surface area (Å²) in [5.41, 5.74) is 9.80. The van der Waals surface area contributed by atoms with Crippen LogP contribution in [0.4, 0.5) is 0 Å². The lowest BCUT2D eigenvalue weighted by Gasteiger charge is -2.16. The molecule has 0 atom stereocenters. The summed E-state index contributed by atoms with van der Waals surface area (Å²) < 4.78 is 8.93. The van der Waals surface area contributed by atoms with Gasteiger partial charge in [0.25, 0.3) is 0 Å². The van der Waals surface area contributed by atoms with Gasteiger partial charge < -0.3 is 8.98 Å². The molecular weight excluding hydrogens is 661 g/mol. The molecule has 3 heterocycles. The fourth-order valence-electron chi connectivity index (χ4n) is 7.89. The first-order chi connectivity index (χ1) is 26.8. The van der Waals surface area contributed by atoms with E-state index < -0.39 is 0 Å². The minimum atomic E-state index is 0.583. The second-order valence-electron chi connectivity index (χ2n) is 13.6. The lowest BCUT2D eigenvalue weighted by molar-refractivity contribution is 0.669. The van der Waals surface area contributed by atoms with Crippen molar-refractivity contribution in [3.63, 3.8) is 0 Å². The van der Waals surface area contributed by atoms with Gasteiger partial charge in [-0.3, -0.25) is 0 Å². The summed E-state index contributed by atoms with van der Waals surface area (Å²) in [5.74, 6) is 1.80. The van der Waals surface area contributed by atoms with Crippen molar-refractivity contribution in [2.24, 2.45) is 0 Å². The zero-order valence-corrected chi connectivity index (χ0v) is 29.0. The molecule has 5 heteroatoms. The Bertz CT molecular complexity index is 3200. The smallest absolute Gasteiger partial charge is 0.166 e. The first kappa shape index (κ1) is 30.3. The lowest BCUT2D eigenvalue weighted by Crippen LogP contribution is -2.04. The van der Waals surface area contributed by atoms with Gasteiger partial charge in [-0.2, -0.15) is 0 Å². The molecule has 0 radical (unpaired) electrons. The Morgan fingerprint density at radius 1 is 0.370 bits per heavy atom. The summed E-state index contributed by atoms with van der Waals surface area (Å²) in [6, 6.07) is 63.2. The number of benzene rings is 8. The molecule has 0 N–H and O–H groups in total. The van der Waals surface area contributed by atoms with Crippen LogP contribution in [-0.4, -0.2) is 19.5 Å². The molecule has 8 aromatic carbocycles. The van der Waals surface area contributed by atoms with E-state index in [0.29, 0.717) is 17.5 Å². The van der Waals surface area contributed by atoms with Gasteiger partial charge in [-0.1, -0.05) is 146 Å². The van der Waals surface area contributed by atoms with Crippen molar-refractivity contribution in [2.75, 3.05) is 0 Å². The fraction of sp³-hybridized carbons (Fsp3) is 0. The minimum absolute atomic E-state index is 0.583. The quantitative estimate of drug-likeness (QED) is 0.180. The van der Waals surface area contributed by atoms with Gasteiger partial charge in [-0.05, 0) is 58.3 Å². The molecule has 0 saturated heterocycles. The van der Waals surface area contributed by atoms with Crippen molar-refractivity contribution in [3.05, 3.63) is 182 Å². The Labute approximate surface area is 310 Å². The number of furan rings is 1. The highest BCUT2D eigenvalue weighted by atomic mass is 16.3. The van der Waals surface area contributed by atoms with Crippen LogP contribution >= 0.6 is 0 Å². The Balaban J connectivity index is 1.23. The number of aromatic nitrogens is 4. The van der Waals surface area contributed by atoms with E-state index in [1.165, 1.54) is 21.5 Å². The van der Waals surface area contributed by atoms with E-state index >= 15 is 0 Å². The van der Waals surface area contributed by atoms with Crippen molar-refractivity contribution in [2.45, 2.75) is 0 Å². The van der Waals surface area contributed by atoms with Gasteiger partial charge in [0, 0.05) is 32.8 Å². The minimum Gasteiger partial charge on any atom is -0.456 e. The van der Waals surface area contributed by atoms with Gasteiger partial charge in [-0.15, -0.1) is 0 Å². The Morgan fingerprint density at radius 3 is 1.69 bits per heavy atom. The van der Waals surface area contributed by atoms with Crippen molar-refractivity contribution in [1.82, 2.24) is 19.5 Å². The van der Waals surface area contributed by atoms with Crippen molar-refractivity contribution >= 4 is 54.5 Å². The van der Waals surface area contributed by atoms with Crippen LogP contribution in [0, 0.1) is 0 Å². The average Bonchev–Trinajstić information content (AvgIpc) is 3.78. The summed E-state index contributed by atoms with van der Waals surface area (Å²) in [6.45, 7) is 0. The zero-order chi connectivity index (χ0) is 35.6. The molecule has 0 amide bonds. The van der Waals surface area contributed by atoms with Gasteiger partial charge in [-0.25, -0.2) is 15.0 Å². The number of para-hydroxylation sites is 2. The van der Waals surface area contributed by atoms with Crippen LogP contribution in [0.15, 0.2) is 186 Å². The van der Waals surface area contributed by atoms with Crippen LogP contribution in [-0.2, 0) is 0 Å². The SMILES string of the molecule is c1ccc(-c2ccc(-c3nc(-c4ccccc4)nc(-c4ccc5oc6ccccc6c5c4-n4c5ccccc5c5cc6ccccc6cc54)n3)cc2)cc1. The summed E-state index contributed by atoms with van der Waals surface area (Å²) >= 11 is 0. The van der Waals surface area contributed by atoms with Crippen LogP contribution < -0.4 is 0 Å². The third-order valence-electron chi connectivity index (χ3n) is 10.4. The number of hydrogen-bond donors (Lipinski definition) is 0. The zero-order valence-electron chi connectivity index (χ0n) is 29.0. The lowest BCUT2D eigenvalue weighted by atomic mass is 10.0. The summed E-state index contributed by atoms with van der Waals surface area (Å²) in [5, 5.41) is 6.77. The molecule has 54 heavy (non-hydrogen) atoms. The molecule has 0 aliphatic carbocycles. The summed E-state index contributed by atoms with van der Waals surface area (Å²) in [6.07, 6.45) is 0. The largest absolute Gasteiger partial charge is 0.456 e. The average molecular weight is 691 g/mol. The summed E-state index contributed by atoms with van der Waals surface area (Å²) in [4.78, 5) is 15.6. The predicted octanol–water partition coefficient (Wildman–Crippen LogP) is 12.7. The van der Waals surface area contributed by atoms with Crippen molar-refractivity contribution in [3.8, 4) is 51.0 Å². The van der Waals surface area contributed by atoms with Gasteiger partial charge in [0.05, 0.1) is 22.1 Å². The topological polar surface area (TPSA) is 56.7 Å². The molecule has 0 fully saturated rings. The van der Waals surface area contributed by atoms with Crippen LogP contribution in [0.3, 0.4) is 0 Å². The maximum absolute atomic E-state index is 6.54. The van der Waals surface area contributed by atoms with Crippen LogP contribution in [0.2, 0.25) is 0 Å². The van der Waals surface area contributed by atoms with E-state index in [1.54, 1.807) is 0 Å². The highest BCUT2D eigenvalue weighted by Crippen LogP contribution is 2.44. The molecule has 0 spiro atoms. The summed E-state index contributed by atoms with van der Waals surface area (Å²) in [7, 11) is 0. The maximum Gasteiger partial charge on any atom is 0.166 e. The van der Waals surface area contributed by atoms with E-state index in [2.05, 4.69) is 138 Å². The van der Waals surface area contributed by atoms with E-state index in [0.717, 1.165) is 66.5 Å². The molecule has 0 saturated carbocycles. The first-order valence-corrected chi connectivity index (χ1v) is 18.1. The molecular formula is C49H30N4O. The van der Waals surface area contributed by atoms with E-state index in [4.69, 9.17) is 19.4 Å². The Hall–Kier alpha value is -7.37. The Morgan fingerprint density at radius 2 is 0.926 bits per heavy atom. The molecule has 0 unspecified atom stereocenters. The highest BCUT2D eigenvalue weighted by molar-refractivity contribution is 6.18. The molecule has 0 aliphatic heterocycles. The number of rotatable bonds is 5. The van der Waals surface area contributed by atoms with Crippen LogP contribution in [0.1, 0.15) is 0 Å². The fourth-order valence-corrected chi connectivity index (χ4v) is 7.89. The molecule has 0 aliphatic rings. The molecule has 5 nitrogen and oxygen atoms in total. The van der Waals surface area contributed by atoms with E-state index in [1.807, 2.05) is 48.5 Å². The van der Waals surface area contributed by atoms with Crippen molar-refractivity contribution in [1.29, 1.82) is 0 Å². The molecule has 0 bridgehead atoms. The number of fused-ring (bicyclic) bond motifs is 7. The molecule has 3 aromatic heterocycles. The van der Waals surface area contributed by atoms with Gasteiger partial charge in [0.1, 0.15) is 11.2 Å². The Kier molecular flexibility index (Phi) is 6.79.